The zero-order valence-electron chi connectivity index (χ0n) is 12.0. The van der Waals surface area contributed by atoms with Crippen molar-refractivity contribution in [1.82, 2.24) is 0 Å². The number of hydrogen-bond donors (Lipinski definition) is 1. The topological polar surface area (TPSA) is 37.3 Å². The number of carbonyl (C=O) groups is 1. The number of aliphatic carboxylic acids is 1. The number of allylic oxidation sites excluding steroid dienone is 2. The van der Waals surface area contributed by atoms with Crippen LogP contribution in [0.15, 0.2) is 12.2 Å². The highest BCUT2D eigenvalue weighted by Crippen LogP contribution is 2.08. The third-order valence-electron chi connectivity index (χ3n) is 3.15. The van der Waals surface area contributed by atoms with Crippen molar-refractivity contribution < 1.29 is 9.90 Å². The second-order valence-corrected chi connectivity index (χ2v) is 5.02. The summed E-state index contributed by atoms with van der Waals surface area (Å²) >= 11 is 0. The fourth-order valence-corrected chi connectivity index (χ4v) is 1.99. The van der Waals surface area contributed by atoms with Crippen molar-refractivity contribution in [3.63, 3.8) is 0 Å². The van der Waals surface area contributed by atoms with Crippen LogP contribution in [0.25, 0.3) is 0 Å². The van der Waals surface area contributed by atoms with Gasteiger partial charge in [0.25, 0.3) is 0 Å². The van der Waals surface area contributed by atoms with Crippen molar-refractivity contribution in [1.29, 1.82) is 0 Å². The largest absolute Gasteiger partial charge is 0.481 e. The highest BCUT2D eigenvalue weighted by molar-refractivity contribution is 5.66. The fraction of sp³-hybridized carbons (Fsp3) is 0.812. The maximum absolute atomic E-state index is 10.3. The second kappa shape index (κ2) is 14.3. The second-order valence-electron chi connectivity index (χ2n) is 5.02. The lowest BCUT2D eigenvalue weighted by Crippen LogP contribution is -1.93. The van der Waals surface area contributed by atoms with Crippen LogP contribution in [0, 0.1) is 0 Å². The molecule has 0 rings (SSSR count). The first-order valence-corrected chi connectivity index (χ1v) is 7.64. The summed E-state index contributed by atoms with van der Waals surface area (Å²) in [6.07, 6.45) is 18.3. The fourth-order valence-electron chi connectivity index (χ4n) is 1.99. The molecule has 0 heterocycles. The molecule has 0 amide bonds. The van der Waals surface area contributed by atoms with Gasteiger partial charge in [-0.3, -0.25) is 4.79 Å². The minimum absolute atomic E-state index is 0.321. The Balaban J connectivity index is 3.07. The number of unbranched alkanes of at least 4 members (excludes halogenated alkanes) is 9. The summed E-state index contributed by atoms with van der Waals surface area (Å²) in [5, 5.41) is 8.48. The molecule has 2 nitrogen and oxygen atoms in total. The van der Waals surface area contributed by atoms with Crippen LogP contribution in [0.5, 0.6) is 0 Å². The maximum atomic E-state index is 10.3. The van der Waals surface area contributed by atoms with E-state index in [1.54, 1.807) is 0 Å². The van der Waals surface area contributed by atoms with Gasteiger partial charge in [-0.15, -0.1) is 0 Å². The number of carboxylic acids is 1. The Morgan fingerprint density at radius 2 is 1.33 bits per heavy atom. The Morgan fingerprint density at radius 1 is 0.833 bits per heavy atom. The van der Waals surface area contributed by atoms with Gasteiger partial charge < -0.3 is 5.11 Å². The van der Waals surface area contributed by atoms with E-state index in [4.69, 9.17) is 5.11 Å². The van der Waals surface area contributed by atoms with E-state index in [9.17, 15) is 4.79 Å². The van der Waals surface area contributed by atoms with E-state index in [0.717, 1.165) is 25.7 Å². The number of rotatable bonds is 13. The van der Waals surface area contributed by atoms with E-state index in [-0.39, 0.29) is 0 Å². The highest BCUT2D eigenvalue weighted by Gasteiger charge is 1.94. The highest BCUT2D eigenvalue weighted by atomic mass is 16.4. The van der Waals surface area contributed by atoms with Gasteiger partial charge in [-0.1, -0.05) is 57.6 Å². The van der Waals surface area contributed by atoms with Crippen LogP contribution in [0.3, 0.4) is 0 Å². The van der Waals surface area contributed by atoms with Crippen LogP contribution < -0.4 is 0 Å². The molecule has 0 aromatic rings. The predicted octanol–water partition coefficient (Wildman–Crippen LogP) is 5.33. The van der Waals surface area contributed by atoms with Gasteiger partial charge in [-0.05, 0) is 32.1 Å². The zero-order valence-corrected chi connectivity index (χ0v) is 12.0. The van der Waals surface area contributed by atoms with Gasteiger partial charge in [-0.2, -0.15) is 0 Å². The van der Waals surface area contributed by atoms with Crippen molar-refractivity contribution in [3.05, 3.63) is 12.2 Å². The molecule has 0 saturated heterocycles. The van der Waals surface area contributed by atoms with E-state index in [1.165, 1.54) is 44.9 Å². The molecule has 0 aliphatic rings. The quantitative estimate of drug-likeness (QED) is 0.356. The van der Waals surface area contributed by atoms with Crippen LogP contribution in [-0.2, 0) is 4.79 Å². The molecule has 2 heteroatoms. The number of carboxylic acid groups (broad SMARTS) is 1. The summed E-state index contributed by atoms with van der Waals surface area (Å²) < 4.78 is 0. The molecule has 0 aromatic heterocycles. The van der Waals surface area contributed by atoms with Crippen LogP contribution in [0.2, 0.25) is 0 Å². The van der Waals surface area contributed by atoms with Crippen molar-refractivity contribution in [2.24, 2.45) is 0 Å². The smallest absolute Gasteiger partial charge is 0.303 e. The molecule has 0 unspecified atom stereocenters. The molecule has 0 aromatic carbocycles. The van der Waals surface area contributed by atoms with Gasteiger partial charge in [0, 0.05) is 6.42 Å². The van der Waals surface area contributed by atoms with E-state index >= 15 is 0 Å². The minimum atomic E-state index is -0.673. The van der Waals surface area contributed by atoms with Crippen LogP contribution in [-0.4, -0.2) is 11.1 Å². The summed E-state index contributed by atoms with van der Waals surface area (Å²) in [6.45, 7) is 2.25. The van der Waals surface area contributed by atoms with Crippen molar-refractivity contribution >= 4 is 5.97 Å². The lowest BCUT2D eigenvalue weighted by atomic mass is 10.1. The van der Waals surface area contributed by atoms with Gasteiger partial charge in [0.05, 0.1) is 0 Å². The normalized spacial score (nSPS) is 11.2. The molecule has 18 heavy (non-hydrogen) atoms. The summed E-state index contributed by atoms with van der Waals surface area (Å²) in [5.41, 5.74) is 0. The molecule has 0 saturated carbocycles. The summed E-state index contributed by atoms with van der Waals surface area (Å²) in [4.78, 5) is 10.3. The first kappa shape index (κ1) is 17.2. The molecule has 0 spiro atoms. The number of hydrogen-bond acceptors (Lipinski definition) is 1. The van der Waals surface area contributed by atoms with Gasteiger partial charge >= 0.3 is 5.97 Å². The molecule has 0 aliphatic heterocycles. The van der Waals surface area contributed by atoms with Crippen LogP contribution in [0.4, 0.5) is 0 Å². The van der Waals surface area contributed by atoms with Crippen LogP contribution in [0.1, 0.15) is 84.0 Å². The van der Waals surface area contributed by atoms with E-state index in [2.05, 4.69) is 19.1 Å². The van der Waals surface area contributed by atoms with E-state index in [1.807, 2.05) is 0 Å². The van der Waals surface area contributed by atoms with Gasteiger partial charge in [0.15, 0.2) is 0 Å². The first-order valence-electron chi connectivity index (χ1n) is 7.64. The maximum Gasteiger partial charge on any atom is 0.303 e. The van der Waals surface area contributed by atoms with Gasteiger partial charge in [-0.25, -0.2) is 0 Å². The molecule has 0 aliphatic carbocycles. The monoisotopic (exact) mass is 254 g/mol. The standard InChI is InChI=1S/C16H30O2/c1-2-3-4-5-6-7-8-9-10-11-12-13-14-15-16(17)18/h9-10H,2-8,11-15H2,1H3,(H,17,18). The van der Waals surface area contributed by atoms with Crippen molar-refractivity contribution in [3.8, 4) is 0 Å². The molecule has 0 fully saturated rings. The molecular formula is C16H30O2. The van der Waals surface area contributed by atoms with E-state index < -0.39 is 5.97 Å². The van der Waals surface area contributed by atoms with Gasteiger partial charge in [0.2, 0.25) is 0 Å². The average molecular weight is 254 g/mol. The molecule has 0 bridgehead atoms. The summed E-state index contributed by atoms with van der Waals surface area (Å²) in [7, 11) is 0. The van der Waals surface area contributed by atoms with Crippen molar-refractivity contribution in [2.75, 3.05) is 0 Å². The SMILES string of the molecule is CCCCCCCCC=CCCCCCC(=O)O. The van der Waals surface area contributed by atoms with E-state index in [0.29, 0.717) is 6.42 Å². The molecule has 1 N–H and O–H groups in total. The summed E-state index contributed by atoms with van der Waals surface area (Å²) in [5.74, 6) is -0.673. The van der Waals surface area contributed by atoms with Crippen molar-refractivity contribution in [2.45, 2.75) is 84.0 Å². The third kappa shape index (κ3) is 15.2. The first-order chi connectivity index (χ1) is 8.77. The Hall–Kier alpha value is -0.790. The zero-order chi connectivity index (χ0) is 13.5. The predicted molar refractivity (Wildman–Crippen MR) is 77.9 cm³/mol. The molecule has 0 radical (unpaired) electrons. The van der Waals surface area contributed by atoms with Gasteiger partial charge in [0.1, 0.15) is 0 Å². The lowest BCUT2D eigenvalue weighted by molar-refractivity contribution is -0.137. The molecule has 0 atom stereocenters. The molecular weight excluding hydrogens is 224 g/mol. The summed E-state index contributed by atoms with van der Waals surface area (Å²) in [6, 6.07) is 0. The third-order valence-corrected chi connectivity index (χ3v) is 3.15. The Bertz CT molecular complexity index is 209. The molecule has 106 valence electrons. The Kier molecular flexibility index (Phi) is 13.6. The van der Waals surface area contributed by atoms with Crippen LogP contribution >= 0.6 is 0 Å². The Labute approximate surface area is 112 Å². The lowest BCUT2D eigenvalue weighted by Gasteiger charge is -1.98. The average Bonchev–Trinajstić information content (AvgIpc) is 2.34. The Morgan fingerprint density at radius 3 is 1.89 bits per heavy atom. The minimum Gasteiger partial charge on any atom is -0.481 e.